The van der Waals surface area contributed by atoms with Crippen molar-refractivity contribution in [3.05, 3.63) is 0 Å². The number of rotatable bonds is 13. The summed E-state index contributed by atoms with van der Waals surface area (Å²) in [6, 6.07) is -1.34. The first-order chi connectivity index (χ1) is 14.0. The van der Waals surface area contributed by atoms with Crippen molar-refractivity contribution < 1.29 is 19.1 Å². The van der Waals surface area contributed by atoms with Crippen LogP contribution < -0.4 is 16.0 Å². The fraction of sp³-hybridized carbons (Fsp3) is 0.864. The van der Waals surface area contributed by atoms with Crippen molar-refractivity contribution in [2.24, 2.45) is 17.8 Å². The summed E-state index contributed by atoms with van der Waals surface area (Å²) >= 11 is 0. The van der Waals surface area contributed by atoms with Crippen LogP contribution in [-0.2, 0) is 19.1 Å². The lowest BCUT2D eigenvalue weighted by atomic mass is 9.89. The molecular formula is C22H44N4O4. The number of carbonyl (C=O) groups excluding carboxylic acids is 3. The molecule has 0 saturated heterocycles. The third-order valence-electron chi connectivity index (χ3n) is 5.86. The van der Waals surface area contributed by atoms with Gasteiger partial charge in [-0.25, -0.2) is 0 Å². The standard InChI is InChI=1S/C22H44N4O4/c1-11-15(6)20(16(30-10)12-17(27)23-7)26(9)22(29)19(14(4)5)25-21(28)18(24-8)13(2)3/h13-16,18-20,24H,11-12H2,1-10H3,(H,23,27)(H,25,28)/t15-,16+,18-,19-,20-/m0/s1. The Labute approximate surface area is 182 Å². The van der Waals surface area contributed by atoms with Crippen LogP contribution in [0.1, 0.15) is 54.4 Å². The molecular weight excluding hydrogens is 384 g/mol. The molecule has 0 fully saturated rings. The maximum Gasteiger partial charge on any atom is 0.245 e. The number of ether oxygens (including phenoxy) is 1. The minimum Gasteiger partial charge on any atom is -0.379 e. The highest BCUT2D eigenvalue weighted by molar-refractivity contribution is 5.90. The van der Waals surface area contributed by atoms with Crippen LogP contribution >= 0.6 is 0 Å². The van der Waals surface area contributed by atoms with Crippen LogP contribution in [0.2, 0.25) is 0 Å². The Kier molecular flexibility index (Phi) is 12.8. The summed E-state index contributed by atoms with van der Waals surface area (Å²) in [6.45, 7) is 11.8. The molecule has 0 aliphatic carbocycles. The fourth-order valence-electron chi connectivity index (χ4n) is 3.76. The number of likely N-dealkylation sites (N-methyl/N-ethyl adjacent to an activating group) is 2. The zero-order valence-corrected chi connectivity index (χ0v) is 20.5. The Morgan fingerprint density at radius 1 is 0.967 bits per heavy atom. The van der Waals surface area contributed by atoms with Gasteiger partial charge < -0.3 is 25.6 Å². The van der Waals surface area contributed by atoms with E-state index >= 15 is 0 Å². The molecule has 8 heteroatoms. The Morgan fingerprint density at radius 3 is 1.87 bits per heavy atom. The molecule has 0 rings (SSSR count). The van der Waals surface area contributed by atoms with E-state index in [9.17, 15) is 14.4 Å². The number of methoxy groups -OCH3 is 1. The molecule has 0 aromatic rings. The van der Waals surface area contributed by atoms with E-state index in [-0.39, 0.29) is 54.0 Å². The monoisotopic (exact) mass is 428 g/mol. The Hall–Kier alpha value is -1.67. The van der Waals surface area contributed by atoms with E-state index in [1.165, 1.54) is 0 Å². The zero-order valence-electron chi connectivity index (χ0n) is 20.5. The summed E-state index contributed by atoms with van der Waals surface area (Å²) in [5, 5.41) is 8.58. The SMILES string of the molecule is CC[C@H](C)[C@@H]([C@@H](CC(=O)NC)OC)N(C)C(=O)[C@@H](NC(=O)[C@@H](NC)C(C)C)C(C)C. The topological polar surface area (TPSA) is 99.8 Å². The molecule has 0 heterocycles. The van der Waals surface area contributed by atoms with Crippen molar-refractivity contribution in [3.63, 3.8) is 0 Å². The Balaban J connectivity index is 5.76. The third kappa shape index (κ3) is 7.87. The molecule has 0 aliphatic heterocycles. The largest absolute Gasteiger partial charge is 0.379 e. The van der Waals surface area contributed by atoms with Crippen LogP contribution in [-0.4, -0.2) is 75.1 Å². The second-order valence-electron chi connectivity index (χ2n) is 8.72. The summed E-state index contributed by atoms with van der Waals surface area (Å²) in [6.07, 6.45) is 0.537. The highest BCUT2D eigenvalue weighted by Gasteiger charge is 2.38. The van der Waals surface area contributed by atoms with Gasteiger partial charge >= 0.3 is 0 Å². The lowest BCUT2D eigenvalue weighted by molar-refractivity contribution is -0.144. The number of carbonyl (C=O) groups is 3. The second-order valence-corrected chi connectivity index (χ2v) is 8.72. The van der Waals surface area contributed by atoms with E-state index in [1.807, 2.05) is 41.5 Å². The van der Waals surface area contributed by atoms with Gasteiger partial charge in [0.15, 0.2) is 0 Å². The van der Waals surface area contributed by atoms with Gasteiger partial charge in [-0.3, -0.25) is 14.4 Å². The van der Waals surface area contributed by atoms with Gasteiger partial charge in [0.25, 0.3) is 0 Å². The van der Waals surface area contributed by atoms with Crippen LogP contribution in [0.25, 0.3) is 0 Å². The molecule has 0 bridgehead atoms. The molecule has 0 radical (unpaired) electrons. The number of nitrogens with one attached hydrogen (secondary N) is 3. The molecule has 0 saturated carbocycles. The minimum absolute atomic E-state index is 0.0916. The lowest BCUT2D eigenvalue weighted by Gasteiger charge is -2.40. The maximum atomic E-state index is 13.5. The van der Waals surface area contributed by atoms with Gasteiger partial charge in [0.2, 0.25) is 17.7 Å². The van der Waals surface area contributed by atoms with Crippen LogP contribution in [0, 0.1) is 17.8 Å². The van der Waals surface area contributed by atoms with Crippen LogP contribution in [0.5, 0.6) is 0 Å². The molecule has 30 heavy (non-hydrogen) atoms. The number of nitrogens with zero attached hydrogens (tertiary/aromatic N) is 1. The summed E-state index contributed by atoms with van der Waals surface area (Å²) in [5.41, 5.74) is 0. The smallest absolute Gasteiger partial charge is 0.245 e. The zero-order chi connectivity index (χ0) is 23.6. The van der Waals surface area contributed by atoms with Gasteiger partial charge in [-0.15, -0.1) is 0 Å². The summed E-state index contributed by atoms with van der Waals surface area (Å²) in [7, 11) is 6.61. The van der Waals surface area contributed by atoms with E-state index in [1.54, 1.807) is 33.2 Å². The van der Waals surface area contributed by atoms with Crippen molar-refractivity contribution in [2.45, 2.75) is 78.6 Å². The van der Waals surface area contributed by atoms with Crippen molar-refractivity contribution >= 4 is 17.7 Å². The fourth-order valence-corrected chi connectivity index (χ4v) is 3.76. The number of hydrogen-bond acceptors (Lipinski definition) is 5. The molecule has 3 amide bonds. The predicted octanol–water partition coefficient (Wildman–Crippen LogP) is 1.40. The molecule has 0 aromatic heterocycles. The average Bonchev–Trinajstić information content (AvgIpc) is 2.70. The summed E-state index contributed by atoms with van der Waals surface area (Å²) in [4.78, 5) is 39.9. The van der Waals surface area contributed by atoms with Crippen molar-refractivity contribution in [3.8, 4) is 0 Å². The maximum absolute atomic E-state index is 13.5. The minimum atomic E-state index is -0.666. The predicted molar refractivity (Wildman–Crippen MR) is 120 cm³/mol. The van der Waals surface area contributed by atoms with Gasteiger partial charge in [0.05, 0.1) is 24.6 Å². The Morgan fingerprint density at radius 2 is 1.50 bits per heavy atom. The molecule has 0 aromatic carbocycles. The first kappa shape index (κ1) is 28.3. The van der Waals surface area contributed by atoms with Gasteiger partial charge in [-0.1, -0.05) is 48.0 Å². The molecule has 8 nitrogen and oxygen atoms in total. The van der Waals surface area contributed by atoms with E-state index in [4.69, 9.17) is 4.74 Å². The highest BCUT2D eigenvalue weighted by atomic mass is 16.5. The van der Waals surface area contributed by atoms with E-state index in [0.717, 1.165) is 6.42 Å². The molecule has 0 aliphatic rings. The number of amides is 3. The number of hydrogen-bond donors (Lipinski definition) is 3. The molecule has 176 valence electrons. The van der Waals surface area contributed by atoms with Gasteiger partial charge in [-0.2, -0.15) is 0 Å². The lowest BCUT2D eigenvalue weighted by Crippen LogP contribution is -2.59. The van der Waals surface area contributed by atoms with Gasteiger partial charge in [-0.05, 0) is 24.8 Å². The second kappa shape index (κ2) is 13.6. The Bertz CT molecular complexity index is 553. The first-order valence-corrected chi connectivity index (χ1v) is 10.9. The van der Waals surface area contributed by atoms with Crippen LogP contribution in [0.15, 0.2) is 0 Å². The quantitative estimate of drug-likeness (QED) is 0.412. The molecule has 0 unspecified atom stereocenters. The van der Waals surface area contributed by atoms with E-state index in [0.29, 0.717) is 0 Å². The highest BCUT2D eigenvalue weighted by Crippen LogP contribution is 2.23. The molecule has 5 atom stereocenters. The van der Waals surface area contributed by atoms with Crippen LogP contribution in [0.3, 0.4) is 0 Å². The molecule has 0 spiro atoms. The van der Waals surface area contributed by atoms with E-state index in [2.05, 4.69) is 16.0 Å². The molecule has 3 N–H and O–H groups in total. The third-order valence-corrected chi connectivity index (χ3v) is 5.86. The van der Waals surface area contributed by atoms with Crippen molar-refractivity contribution in [2.75, 3.05) is 28.3 Å². The van der Waals surface area contributed by atoms with Gasteiger partial charge in [0, 0.05) is 21.2 Å². The van der Waals surface area contributed by atoms with Crippen LogP contribution in [0.4, 0.5) is 0 Å². The summed E-state index contributed by atoms with van der Waals surface area (Å²) in [5.74, 6) is -0.403. The average molecular weight is 429 g/mol. The first-order valence-electron chi connectivity index (χ1n) is 10.9. The van der Waals surface area contributed by atoms with Crippen molar-refractivity contribution in [1.82, 2.24) is 20.9 Å². The summed E-state index contributed by atoms with van der Waals surface area (Å²) < 4.78 is 5.64. The van der Waals surface area contributed by atoms with Crippen molar-refractivity contribution in [1.29, 1.82) is 0 Å². The normalized spacial score (nSPS) is 16.5. The van der Waals surface area contributed by atoms with Gasteiger partial charge in [0.1, 0.15) is 6.04 Å². The van der Waals surface area contributed by atoms with E-state index < -0.39 is 12.1 Å².